The van der Waals surface area contributed by atoms with Crippen molar-refractivity contribution in [3.05, 3.63) is 0 Å². The van der Waals surface area contributed by atoms with Gasteiger partial charge < -0.3 is 4.74 Å². The zero-order valence-corrected chi connectivity index (χ0v) is 12.9. The molecule has 1 atom stereocenters. The maximum Gasteiger partial charge on any atom is 0.305 e. The van der Waals surface area contributed by atoms with Gasteiger partial charge in [0, 0.05) is 6.42 Å². The molecule has 0 N–H and O–H groups in total. The van der Waals surface area contributed by atoms with Crippen molar-refractivity contribution in [3.8, 4) is 0 Å². The molecule has 0 aliphatic heterocycles. The fourth-order valence-electron chi connectivity index (χ4n) is 1.04. The molecule has 0 saturated carbocycles. The van der Waals surface area contributed by atoms with Crippen molar-refractivity contribution in [1.29, 1.82) is 0 Å². The van der Waals surface area contributed by atoms with Crippen LogP contribution in [0.4, 0.5) is 0 Å². The van der Waals surface area contributed by atoms with Crippen molar-refractivity contribution < 1.29 is 9.53 Å². The van der Waals surface area contributed by atoms with Crippen LogP contribution < -0.4 is 0 Å². The van der Waals surface area contributed by atoms with E-state index in [-0.39, 0.29) is 17.9 Å². The molecule has 0 aliphatic carbocycles. The van der Waals surface area contributed by atoms with Crippen molar-refractivity contribution in [3.63, 3.8) is 0 Å². The summed E-state index contributed by atoms with van der Waals surface area (Å²) < 4.78 is 5.05. The number of rotatable bonds is 7. The summed E-state index contributed by atoms with van der Waals surface area (Å²) in [5.41, 5.74) is -0.252. The highest BCUT2D eigenvalue weighted by atomic mass is 35.5. The van der Waals surface area contributed by atoms with Gasteiger partial charge in [0.05, 0.1) is 12.1 Å². The lowest BCUT2D eigenvalue weighted by molar-refractivity contribution is -0.144. The van der Waals surface area contributed by atoms with E-state index < -0.39 is 5.00 Å². The SMILES string of the molecule is CCCCOC(=O)CCC(C)(Cl)N=NC(C)(C)C. The molecule has 4 nitrogen and oxygen atoms in total. The normalized spacial score (nSPS) is 15.7. The fraction of sp³-hybridized carbons (Fsp3) is 0.923. The zero-order chi connectivity index (χ0) is 14.2. The molecule has 0 spiro atoms. The largest absolute Gasteiger partial charge is 0.466 e. The monoisotopic (exact) mass is 276 g/mol. The summed E-state index contributed by atoms with van der Waals surface area (Å²) in [6.07, 6.45) is 2.61. The van der Waals surface area contributed by atoms with E-state index in [4.69, 9.17) is 16.3 Å². The van der Waals surface area contributed by atoms with Gasteiger partial charge in [0.25, 0.3) is 0 Å². The van der Waals surface area contributed by atoms with Crippen molar-refractivity contribution >= 4 is 17.6 Å². The Hall–Kier alpha value is -0.640. The summed E-state index contributed by atoms with van der Waals surface area (Å²) >= 11 is 6.18. The first-order valence-electron chi connectivity index (χ1n) is 6.45. The van der Waals surface area contributed by atoms with Gasteiger partial charge in [0.2, 0.25) is 0 Å². The number of ether oxygens (including phenoxy) is 1. The lowest BCUT2D eigenvalue weighted by atomic mass is 10.1. The Kier molecular flexibility index (Phi) is 7.45. The minimum Gasteiger partial charge on any atom is -0.466 e. The molecule has 0 heterocycles. The van der Waals surface area contributed by atoms with Gasteiger partial charge in [-0.1, -0.05) is 24.9 Å². The quantitative estimate of drug-likeness (QED) is 0.229. The molecule has 0 bridgehead atoms. The number of halogens is 1. The maximum absolute atomic E-state index is 11.4. The molecule has 0 radical (unpaired) electrons. The highest BCUT2D eigenvalue weighted by molar-refractivity contribution is 6.23. The van der Waals surface area contributed by atoms with E-state index in [1.54, 1.807) is 6.92 Å². The van der Waals surface area contributed by atoms with Crippen LogP contribution in [0.3, 0.4) is 0 Å². The Morgan fingerprint density at radius 2 is 1.83 bits per heavy atom. The van der Waals surface area contributed by atoms with Gasteiger partial charge in [0.15, 0.2) is 5.00 Å². The standard InChI is InChI=1S/C13H25ClN2O2/c1-6-7-10-18-11(17)8-9-13(5,14)16-15-12(2,3)4/h6-10H2,1-5H3. The number of carbonyl (C=O) groups excluding carboxylic acids is 1. The second-order valence-electron chi connectivity index (χ2n) is 5.59. The van der Waals surface area contributed by atoms with E-state index in [1.807, 2.05) is 20.8 Å². The molecule has 5 heteroatoms. The smallest absolute Gasteiger partial charge is 0.305 e. The van der Waals surface area contributed by atoms with E-state index in [9.17, 15) is 4.79 Å². The second kappa shape index (κ2) is 7.72. The first-order chi connectivity index (χ1) is 8.16. The van der Waals surface area contributed by atoms with Gasteiger partial charge in [0.1, 0.15) is 0 Å². The molecule has 18 heavy (non-hydrogen) atoms. The number of unbranched alkanes of at least 4 members (excludes halogenated alkanes) is 1. The minimum atomic E-state index is -0.836. The van der Waals surface area contributed by atoms with E-state index in [0.29, 0.717) is 13.0 Å². The summed E-state index contributed by atoms with van der Waals surface area (Å²) in [4.78, 5) is 10.6. The van der Waals surface area contributed by atoms with Crippen LogP contribution in [0.25, 0.3) is 0 Å². The maximum atomic E-state index is 11.4. The Labute approximate surface area is 115 Å². The van der Waals surface area contributed by atoms with Crippen molar-refractivity contribution in [2.75, 3.05) is 6.61 Å². The fourth-order valence-corrected chi connectivity index (χ4v) is 1.17. The number of carbonyl (C=O) groups is 1. The van der Waals surface area contributed by atoms with Crippen LogP contribution in [0.15, 0.2) is 10.2 Å². The highest BCUT2D eigenvalue weighted by Gasteiger charge is 2.23. The predicted molar refractivity (Wildman–Crippen MR) is 74.0 cm³/mol. The van der Waals surface area contributed by atoms with Gasteiger partial charge in [-0.15, -0.1) is 0 Å². The topological polar surface area (TPSA) is 51.0 Å². The number of esters is 1. The average Bonchev–Trinajstić information content (AvgIpc) is 2.24. The molecule has 0 amide bonds. The molecule has 0 rings (SSSR count). The van der Waals surface area contributed by atoms with Gasteiger partial charge >= 0.3 is 5.97 Å². The van der Waals surface area contributed by atoms with Gasteiger partial charge in [-0.2, -0.15) is 10.2 Å². The minimum absolute atomic E-state index is 0.221. The molecule has 0 saturated heterocycles. The van der Waals surface area contributed by atoms with Crippen LogP contribution in [0.1, 0.15) is 60.3 Å². The Morgan fingerprint density at radius 1 is 1.22 bits per heavy atom. The van der Waals surface area contributed by atoms with Crippen LogP contribution in [0.5, 0.6) is 0 Å². The van der Waals surface area contributed by atoms with Gasteiger partial charge in [-0.05, 0) is 40.5 Å². The van der Waals surface area contributed by atoms with E-state index >= 15 is 0 Å². The van der Waals surface area contributed by atoms with Crippen LogP contribution in [0, 0.1) is 0 Å². The number of nitrogens with zero attached hydrogens (tertiary/aromatic N) is 2. The summed E-state index contributed by atoms with van der Waals surface area (Å²) in [6.45, 7) is 10.1. The molecular formula is C13H25ClN2O2. The number of hydrogen-bond acceptors (Lipinski definition) is 4. The van der Waals surface area contributed by atoms with Crippen LogP contribution >= 0.6 is 11.6 Å². The summed E-state index contributed by atoms with van der Waals surface area (Å²) in [5.74, 6) is -0.221. The molecule has 1 unspecified atom stereocenters. The van der Waals surface area contributed by atoms with Gasteiger partial charge in [-0.25, -0.2) is 0 Å². The summed E-state index contributed by atoms with van der Waals surface area (Å²) in [6, 6.07) is 0. The Bertz CT molecular complexity index is 283. The number of azo groups is 1. The molecule has 106 valence electrons. The molecule has 0 aromatic rings. The van der Waals surface area contributed by atoms with Crippen LogP contribution in [0.2, 0.25) is 0 Å². The zero-order valence-electron chi connectivity index (χ0n) is 12.1. The molecular weight excluding hydrogens is 252 g/mol. The van der Waals surface area contributed by atoms with Crippen molar-refractivity contribution in [2.45, 2.75) is 70.8 Å². The molecule has 0 aromatic heterocycles. The second-order valence-corrected chi connectivity index (χ2v) is 6.40. The summed E-state index contributed by atoms with van der Waals surface area (Å²) in [5, 5.41) is 8.20. The third-order valence-corrected chi connectivity index (χ3v) is 2.37. The van der Waals surface area contributed by atoms with Crippen molar-refractivity contribution in [1.82, 2.24) is 0 Å². The summed E-state index contributed by atoms with van der Waals surface area (Å²) in [7, 11) is 0. The Balaban J connectivity index is 4.03. The van der Waals surface area contributed by atoms with Crippen LogP contribution in [-0.4, -0.2) is 23.1 Å². The van der Waals surface area contributed by atoms with Crippen molar-refractivity contribution in [2.24, 2.45) is 10.2 Å². The van der Waals surface area contributed by atoms with Gasteiger partial charge in [-0.3, -0.25) is 4.79 Å². The molecule has 0 fully saturated rings. The molecule has 0 aliphatic rings. The van der Waals surface area contributed by atoms with Crippen LogP contribution in [-0.2, 0) is 9.53 Å². The third kappa shape index (κ3) is 10.5. The number of alkyl halides is 1. The third-order valence-electron chi connectivity index (χ3n) is 2.10. The predicted octanol–water partition coefficient (Wildman–Crippen LogP) is 4.32. The first kappa shape index (κ1) is 17.4. The van der Waals surface area contributed by atoms with E-state index in [0.717, 1.165) is 12.8 Å². The number of hydrogen-bond donors (Lipinski definition) is 0. The van der Waals surface area contributed by atoms with E-state index in [2.05, 4.69) is 17.2 Å². The lowest BCUT2D eigenvalue weighted by Gasteiger charge is -2.18. The highest BCUT2D eigenvalue weighted by Crippen LogP contribution is 2.25. The lowest BCUT2D eigenvalue weighted by Crippen LogP contribution is -2.18. The Morgan fingerprint density at radius 3 is 2.33 bits per heavy atom. The first-order valence-corrected chi connectivity index (χ1v) is 6.83. The molecule has 0 aromatic carbocycles. The average molecular weight is 277 g/mol. The van der Waals surface area contributed by atoms with E-state index in [1.165, 1.54) is 0 Å².